The molecule has 0 aliphatic carbocycles. The summed E-state index contributed by atoms with van der Waals surface area (Å²) in [4.78, 5) is 22.9. The molecule has 0 radical (unpaired) electrons. The van der Waals surface area contributed by atoms with Gasteiger partial charge in [-0.05, 0) is 36.8 Å². The molecule has 2 rings (SSSR count). The highest BCUT2D eigenvalue weighted by Gasteiger charge is 2.18. The highest BCUT2D eigenvalue weighted by molar-refractivity contribution is 6.05. The summed E-state index contributed by atoms with van der Waals surface area (Å²) in [5.74, 6) is -0.162. The molecule has 7 nitrogen and oxygen atoms in total. The number of nitro groups is 1. The maximum atomic E-state index is 12.2. The first kappa shape index (κ1) is 17.0. The molecule has 0 spiro atoms. The number of ether oxygens (including phenoxy) is 1. The molecule has 122 valence electrons. The van der Waals surface area contributed by atoms with E-state index in [1.165, 1.54) is 24.3 Å². The summed E-state index contributed by atoms with van der Waals surface area (Å²) in [7, 11) is 0. The second-order valence-corrected chi connectivity index (χ2v) is 4.93. The van der Waals surface area contributed by atoms with E-state index in [0.29, 0.717) is 17.9 Å². The van der Waals surface area contributed by atoms with Gasteiger partial charge in [0.2, 0.25) is 0 Å². The minimum absolute atomic E-state index is 0.0659. The molecule has 7 heteroatoms. The zero-order chi connectivity index (χ0) is 17.5. The Hall–Kier alpha value is -3.40. The zero-order valence-corrected chi connectivity index (χ0v) is 13.0. The van der Waals surface area contributed by atoms with Crippen LogP contribution in [-0.2, 0) is 0 Å². The van der Waals surface area contributed by atoms with Gasteiger partial charge in [0.1, 0.15) is 11.4 Å². The van der Waals surface area contributed by atoms with Crippen LogP contribution in [0.15, 0.2) is 42.5 Å². The first-order valence-electron chi connectivity index (χ1n) is 7.28. The fourth-order valence-electron chi connectivity index (χ4n) is 2.00. The molecule has 0 atom stereocenters. The average molecular weight is 325 g/mol. The summed E-state index contributed by atoms with van der Waals surface area (Å²) in [5.41, 5.74) is 0.389. The SMILES string of the molecule is CCCOc1ccc(NC(=O)c2cccc(C#N)c2)c([N+](=O)[O-])c1. The van der Waals surface area contributed by atoms with Crippen LogP contribution in [0.2, 0.25) is 0 Å². The molecule has 0 saturated heterocycles. The Labute approximate surface area is 138 Å². The average Bonchev–Trinajstić information content (AvgIpc) is 2.60. The second kappa shape index (κ2) is 7.74. The van der Waals surface area contributed by atoms with Crippen LogP contribution in [0.1, 0.15) is 29.3 Å². The van der Waals surface area contributed by atoms with Gasteiger partial charge in [0.05, 0.1) is 29.2 Å². The third-order valence-electron chi connectivity index (χ3n) is 3.14. The summed E-state index contributed by atoms with van der Waals surface area (Å²) in [6.45, 7) is 2.38. The van der Waals surface area contributed by atoms with Gasteiger partial charge < -0.3 is 10.1 Å². The van der Waals surface area contributed by atoms with Gasteiger partial charge in [0.15, 0.2) is 0 Å². The Kier molecular flexibility index (Phi) is 5.47. The predicted octanol–water partition coefficient (Wildman–Crippen LogP) is 3.51. The quantitative estimate of drug-likeness (QED) is 0.646. The summed E-state index contributed by atoms with van der Waals surface area (Å²) in [6.07, 6.45) is 0.779. The van der Waals surface area contributed by atoms with Crippen LogP contribution in [0.4, 0.5) is 11.4 Å². The van der Waals surface area contributed by atoms with Gasteiger partial charge in [-0.15, -0.1) is 0 Å². The van der Waals surface area contributed by atoms with Gasteiger partial charge >= 0.3 is 0 Å². The van der Waals surface area contributed by atoms with Crippen molar-refractivity contribution in [2.24, 2.45) is 0 Å². The fraction of sp³-hybridized carbons (Fsp3) is 0.176. The molecule has 0 aliphatic heterocycles. The van der Waals surface area contributed by atoms with Gasteiger partial charge in [0, 0.05) is 5.56 Å². The molecule has 1 amide bonds. The van der Waals surface area contributed by atoms with Crippen LogP contribution in [0.5, 0.6) is 5.75 Å². The lowest BCUT2D eigenvalue weighted by Gasteiger charge is -2.09. The molecular formula is C17H15N3O4. The Morgan fingerprint density at radius 2 is 2.12 bits per heavy atom. The maximum Gasteiger partial charge on any atom is 0.296 e. The number of nitriles is 1. The maximum absolute atomic E-state index is 12.2. The molecule has 0 fully saturated rings. The number of nitro benzene ring substituents is 1. The van der Waals surface area contributed by atoms with Gasteiger partial charge in [-0.2, -0.15) is 5.26 Å². The van der Waals surface area contributed by atoms with E-state index in [2.05, 4.69) is 5.32 Å². The summed E-state index contributed by atoms with van der Waals surface area (Å²) in [6, 6.07) is 12.3. The summed E-state index contributed by atoms with van der Waals surface area (Å²) >= 11 is 0. The monoisotopic (exact) mass is 325 g/mol. The highest BCUT2D eigenvalue weighted by Crippen LogP contribution is 2.29. The van der Waals surface area contributed by atoms with E-state index in [1.807, 2.05) is 13.0 Å². The fourth-order valence-corrected chi connectivity index (χ4v) is 2.00. The number of rotatable bonds is 6. The first-order chi connectivity index (χ1) is 11.5. The van der Waals surface area contributed by atoms with E-state index in [0.717, 1.165) is 6.42 Å². The highest BCUT2D eigenvalue weighted by atomic mass is 16.6. The third kappa shape index (κ3) is 4.08. The molecule has 2 aromatic rings. The van der Waals surface area contributed by atoms with Gasteiger partial charge in [-0.3, -0.25) is 14.9 Å². The molecular weight excluding hydrogens is 310 g/mol. The van der Waals surface area contributed by atoms with Crippen molar-refractivity contribution < 1.29 is 14.5 Å². The lowest BCUT2D eigenvalue weighted by Crippen LogP contribution is -2.13. The molecule has 2 aromatic carbocycles. The molecule has 0 unspecified atom stereocenters. The van der Waals surface area contributed by atoms with Gasteiger partial charge in [0.25, 0.3) is 11.6 Å². The standard InChI is InChI=1S/C17H15N3O4/c1-2-8-24-14-6-7-15(16(10-14)20(22)23)19-17(21)13-5-3-4-12(9-13)11-18/h3-7,9-10H,2,8H2,1H3,(H,19,21). The topological polar surface area (TPSA) is 105 Å². The van der Waals surface area contributed by atoms with Crippen molar-refractivity contribution in [1.82, 2.24) is 0 Å². The number of amides is 1. The number of benzene rings is 2. The third-order valence-corrected chi connectivity index (χ3v) is 3.14. The molecule has 0 saturated carbocycles. The minimum atomic E-state index is -0.583. The first-order valence-corrected chi connectivity index (χ1v) is 7.28. The van der Waals surface area contributed by atoms with E-state index in [9.17, 15) is 14.9 Å². The number of nitrogens with one attached hydrogen (secondary N) is 1. The number of anilines is 1. The second-order valence-electron chi connectivity index (χ2n) is 4.93. The summed E-state index contributed by atoms with van der Waals surface area (Å²) in [5, 5.41) is 22.6. The largest absolute Gasteiger partial charge is 0.493 e. The molecule has 1 N–H and O–H groups in total. The predicted molar refractivity (Wildman–Crippen MR) is 88.0 cm³/mol. The van der Waals surface area contributed by atoms with Crippen molar-refractivity contribution in [3.63, 3.8) is 0 Å². The van der Waals surface area contributed by atoms with Crippen LogP contribution < -0.4 is 10.1 Å². The van der Waals surface area contributed by atoms with Crippen molar-refractivity contribution in [2.75, 3.05) is 11.9 Å². The van der Waals surface area contributed by atoms with Gasteiger partial charge in [-0.25, -0.2) is 0 Å². The van der Waals surface area contributed by atoms with Gasteiger partial charge in [-0.1, -0.05) is 13.0 Å². The molecule has 24 heavy (non-hydrogen) atoms. The van der Waals surface area contributed by atoms with Crippen LogP contribution in [0.3, 0.4) is 0 Å². The van der Waals surface area contributed by atoms with Crippen molar-refractivity contribution in [2.45, 2.75) is 13.3 Å². The van der Waals surface area contributed by atoms with Crippen LogP contribution in [-0.4, -0.2) is 17.4 Å². The van der Waals surface area contributed by atoms with Crippen molar-refractivity contribution in [1.29, 1.82) is 5.26 Å². The van der Waals surface area contributed by atoms with E-state index >= 15 is 0 Å². The van der Waals surface area contributed by atoms with E-state index in [-0.39, 0.29) is 16.9 Å². The van der Waals surface area contributed by atoms with E-state index < -0.39 is 10.8 Å². The van der Waals surface area contributed by atoms with E-state index in [1.54, 1.807) is 18.2 Å². The number of nitrogens with zero attached hydrogens (tertiary/aromatic N) is 2. The van der Waals surface area contributed by atoms with Crippen LogP contribution in [0, 0.1) is 21.4 Å². The zero-order valence-electron chi connectivity index (χ0n) is 13.0. The number of hydrogen-bond acceptors (Lipinski definition) is 5. The van der Waals surface area contributed by atoms with Crippen LogP contribution >= 0.6 is 0 Å². The lowest BCUT2D eigenvalue weighted by atomic mass is 10.1. The van der Waals surface area contributed by atoms with Crippen LogP contribution in [0.25, 0.3) is 0 Å². The Morgan fingerprint density at radius 3 is 2.79 bits per heavy atom. The Morgan fingerprint density at radius 1 is 1.33 bits per heavy atom. The number of hydrogen-bond donors (Lipinski definition) is 1. The normalized spacial score (nSPS) is 9.83. The molecule has 0 aromatic heterocycles. The van der Waals surface area contributed by atoms with Crippen molar-refractivity contribution in [3.05, 3.63) is 63.7 Å². The number of carbonyl (C=O) groups excluding carboxylic acids is 1. The molecule has 0 aliphatic rings. The summed E-state index contributed by atoms with van der Waals surface area (Å²) < 4.78 is 5.37. The van der Waals surface area contributed by atoms with E-state index in [4.69, 9.17) is 10.00 Å². The smallest absolute Gasteiger partial charge is 0.296 e. The lowest BCUT2D eigenvalue weighted by molar-refractivity contribution is -0.384. The molecule has 0 heterocycles. The van der Waals surface area contributed by atoms with Crippen molar-refractivity contribution in [3.8, 4) is 11.8 Å². The Balaban J connectivity index is 2.26. The molecule has 0 bridgehead atoms. The number of carbonyl (C=O) groups is 1. The Bertz CT molecular complexity index is 812. The minimum Gasteiger partial charge on any atom is -0.493 e. The van der Waals surface area contributed by atoms with Crippen molar-refractivity contribution >= 4 is 17.3 Å².